The molecule has 3 heterocycles. The summed E-state index contributed by atoms with van der Waals surface area (Å²) in [7, 11) is 0. The standard InChI is InChI=1S/C26H29FN6OS/c27-23-9-5-4-8-21(23)18-28-24-22-19-29-33(11-10-20-6-2-1-3-7-20)25(22)31-26(30-24)35-17-14-32-12-15-34-16-13-32/h1-9,19H,10-18H2,(H,28,30,31). The lowest BCUT2D eigenvalue weighted by atomic mass is 10.1. The second-order valence-corrected chi connectivity index (χ2v) is 9.50. The van der Waals surface area contributed by atoms with Crippen LogP contribution in [0.2, 0.25) is 0 Å². The van der Waals surface area contributed by atoms with E-state index in [0.29, 0.717) is 23.1 Å². The number of nitrogens with one attached hydrogen (secondary N) is 1. The van der Waals surface area contributed by atoms with Gasteiger partial charge in [0.25, 0.3) is 0 Å². The van der Waals surface area contributed by atoms with Gasteiger partial charge in [0.15, 0.2) is 10.8 Å². The predicted molar refractivity (Wildman–Crippen MR) is 137 cm³/mol. The second-order valence-electron chi connectivity index (χ2n) is 8.44. The third-order valence-electron chi connectivity index (χ3n) is 6.08. The van der Waals surface area contributed by atoms with Crippen LogP contribution < -0.4 is 5.32 Å². The van der Waals surface area contributed by atoms with Crippen molar-refractivity contribution < 1.29 is 9.13 Å². The Balaban J connectivity index is 1.35. The maximum atomic E-state index is 14.2. The normalized spacial score (nSPS) is 14.4. The van der Waals surface area contributed by atoms with Gasteiger partial charge in [-0.3, -0.25) is 4.90 Å². The van der Waals surface area contributed by atoms with Gasteiger partial charge in [0.2, 0.25) is 0 Å². The van der Waals surface area contributed by atoms with Crippen LogP contribution in [0.3, 0.4) is 0 Å². The summed E-state index contributed by atoms with van der Waals surface area (Å²) < 4.78 is 21.6. The van der Waals surface area contributed by atoms with Gasteiger partial charge in [-0.15, -0.1) is 0 Å². The lowest BCUT2D eigenvalue weighted by molar-refractivity contribution is 0.0410. The average Bonchev–Trinajstić information content (AvgIpc) is 3.31. The Kier molecular flexibility index (Phi) is 7.87. The Morgan fingerprint density at radius 1 is 0.971 bits per heavy atom. The number of aryl methyl sites for hydroxylation is 2. The van der Waals surface area contributed by atoms with Crippen LogP contribution >= 0.6 is 11.8 Å². The van der Waals surface area contributed by atoms with Crippen molar-refractivity contribution in [1.82, 2.24) is 24.6 Å². The maximum absolute atomic E-state index is 14.2. The summed E-state index contributed by atoms with van der Waals surface area (Å²) in [6.07, 6.45) is 2.66. The Labute approximate surface area is 208 Å². The van der Waals surface area contributed by atoms with Gasteiger partial charge in [-0.2, -0.15) is 5.10 Å². The van der Waals surface area contributed by atoms with Crippen LogP contribution in [0.5, 0.6) is 0 Å². The van der Waals surface area contributed by atoms with Gasteiger partial charge in [-0.05, 0) is 18.1 Å². The van der Waals surface area contributed by atoms with Gasteiger partial charge in [-0.25, -0.2) is 19.0 Å². The summed E-state index contributed by atoms with van der Waals surface area (Å²) in [5, 5.41) is 9.47. The van der Waals surface area contributed by atoms with E-state index in [-0.39, 0.29) is 5.82 Å². The molecule has 0 saturated carbocycles. The molecule has 2 aromatic carbocycles. The van der Waals surface area contributed by atoms with Crippen LogP contribution in [0.15, 0.2) is 66.0 Å². The van der Waals surface area contributed by atoms with Crippen molar-refractivity contribution in [3.05, 3.63) is 77.7 Å². The molecular formula is C26H29FN6OS. The third-order valence-corrected chi connectivity index (χ3v) is 6.90. The van der Waals surface area contributed by atoms with E-state index in [1.807, 2.05) is 28.9 Å². The van der Waals surface area contributed by atoms with E-state index in [1.54, 1.807) is 30.1 Å². The van der Waals surface area contributed by atoms with Crippen LogP contribution in [-0.4, -0.2) is 63.2 Å². The Bertz CT molecular complexity index is 1250. The SMILES string of the molecule is Fc1ccccc1CNc1nc(SCCN2CCOCC2)nc2c1cnn2CCc1ccccc1. The molecule has 0 aliphatic carbocycles. The molecule has 5 rings (SSSR count). The smallest absolute Gasteiger partial charge is 0.191 e. The van der Waals surface area contributed by atoms with E-state index in [0.717, 1.165) is 62.6 Å². The largest absolute Gasteiger partial charge is 0.379 e. The van der Waals surface area contributed by atoms with Crippen molar-refractivity contribution in [1.29, 1.82) is 0 Å². The third kappa shape index (κ3) is 6.17. The number of ether oxygens (including phenoxy) is 1. The first-order valence-corrected chi connectivity index (χ1v) is 12.9. The molecular weight excluding hydrogens is 463 g/mol. The van der Waals surface area contributed by atoms with Gasteiger partial charge >= 0.3 is 0 Å². The highest BCUT2D eigenvalue weighted by Gasteiger charge is 2.15. The van der Waals surface area contributed by atoms with Gasteiger partial charge < -0.3 is 10.1 Å². The highest BCUT2D eigenvalue weighted by molar-refractivity contribution is 7.99. The first-order chi connectivity index (χ1) is 17.3. The lowest BCUT2D eigenvalue weighted by Crippen LogP contribution is -2.37. The van der Waals surface area contributed by atoms with Crippen molar-refractivity contribution in [2.24, 2.45) is 0 Å². The Hall–Kier alpha value is -3.01. The van der Waals surface area contributed by atoms with Crippen molar-refractivity contribution in [3.8, 4) is 0 Å². The predicted octanol–water partition coefficient (Wildman–Crippen LogP) is 4.24. The molecule has 9 heteroatoms. The first kappa shape index (κ1) is 23.7. The van der Waals surface area contributed by atoms with E-state index in [1.165, 1.54) is 11.6 Å². The fourth-order valence-electron chi connectivity index (χ4n) is 4.09. The van der Waals surface area contributed by atoms with E-state index in [9.17, 15) is 4.39 Å². The highest BCUT2D eigenvalue weighted by Crippen LogP contribution is 2.25. The van der Waals surface area contributed by atoms with E-state index in [2.05, 4.69) is 27.4 Å². The van der Waals surface area contributed by atoms with Crippen LogP contribution in [-0.2, 0) is 24.2 Å². The monoisotopic (exact) mass is 492 g/mol. The highest BCUT2D eigenvalue weighted by atomic mass is 32.2. The van der Waals surface area contributed by atoms with E-state index < -0.39 is 0 Å². The lowest BCUT2D eigenvalue weighted by Gasteiger charge is -2.26. The van der Waals surface area contributed by atoms with Gasteiger partial charge in [0.1, 0.15) is 11.6 Å². The zero-order chi connectivity index (χ0) is 23.9. The molecule has 0 spiro atoms. The number of rotatable bonds is 10. The van der Waals surface area contributed by atoms with Crippen LogP contribution in [0.25, 0.3) is 11.0 Å². The van der Waals surface area contributed by atoms with Crippen molar-refractivity contribution in [2.75, 3.05) is 43.9 Å². The zero-order valence-corrected chi connectivity index (χ0v) is 20.4. The molecule has 0 atom stereocenters. The molecule has 1 fully saturated rings. The summed E-state index contributed by atoms with van der Waals surface area (Å²) in [5.41, 5.74) is 2.64. The van der Waals surface area contributed by atoms with E-state index in [4.69, 9.17) is 14.7 Å². The van der Waals surface area contributed by atoms with Crippen LogP contribution in [0.1, 0.15) is 11.1 Å². The van der Waals surface area contributed by atoms with Gasteiger partial charge in [-0.1, -0.05) is 60.3 Å². The summed E-state index contributed by atoms with van der Waals surface area (Å²) >= 11 is 1.63. The van der Waals surface area contributed by atoms with Crippen LogP contribution in [0.4, 0.5) is 10.2 Å². The molecule has 1 saturated heterocycles. The minimum absolute atomic E-state index is 0.232. The summed E-state index contributed by atoms with van der Waals surface area (Å²) in [6, 6.07) is 17.1. The molecule has 7 nitrogen and oxygen atoms in total. The summed E-state index contributed by atoms with van der Waals surface area (Å²) in [5.74, 6) is 1.33. The fourth-order valence-corrected chi connectivity index (χ4v) is 4.93. The molecule has 1 N–H and O–H groups in total. The number of aromatic nitrogens is 4. The molecule has 1 aliphatic rings. The molecule has 0 amide bonds. The number of benzene rings is 2. The number of anilines is 1. The molecule has 0 bridgehead atoms. The molecule has 4 aromatic rings. The number of hydrogen-bond acceptors (Lipinski definition) is 7. The molecule has 35 heavy (non-hydrogen) atoms. The number of morpholine rings is 1. The average molecular weight is 493 g/mol. The molecule has 0 radical (unpaired) electrons. The minimum atomic E-state index is -0.232. The minimum Gasteiger partial charge on any atom is -0.379 e. The Morgan fingerprint density at radius 2 is 1.77 bits per heavy atom. The number of halogens is 1. The quantitative estimate of drug-likeness (QED) is 0.262. The molecule has 2 aromatic heterocycles. The van der Waals surface area contributed by atoms with Gasteiger partial charge in [0, 0.05) is 44.0 Å². The van der Waals surface area contributed by atoms with Gasteiger partial charge in [0.05, 0.1) is 24.8 Å². The maximum Gasteiger partial charge on any atom is 0.191 e. The van der Waals surface area contributed by atoms with Crippen molar-refractivity contribution in [3.63, 3.8) is 0 Å². The molecule has 1 aliphatic heterocycles. The second kappa shape index (κ2) is 11.6. The zero-order valence-electron chi connectivity index (χ0n) is 19.6. The molecule has 0 unspecified atom stereocenters. The number of fused-ring (bicyclic) bond motifs is 1. The first-order valence-electron chi connectivity index (χ1n) is 11.9. The molecule has 182 valence electrons. The van der Waals surface area contributed by atoms with Crippen LogP contribution in [0, 0.1) is 5.82 Å². The summed E-state index contributed by atoms with van der Waals surface area (Å²) in [6.45, 7) is 5.52. The van der Waals surface area contributed by atoms with Crippen molar-refractivity contribution in [2.45, 2.75) is 24.7 Å². The number of hydrogen-bond donors (Lipinski definition) is 1. The van der Waals surface area contributed by atoms with E-state index >= 15 is 0 Å². The van der Waals surface area contributed by atoms with Crippen molar-refractivity contribution >= 4 is 28.6 Å². The summed E-state index contributed by atoms with van der Waals surface area (Å²) in [4.78, 5) is 12.0. The fraction of sp³-hybridized carbons (Fsp3) is 0.346. The Morgan fingerprint density at radius 3 is 2.60 bits per heavy atom. The number of nitrogens with zero attached hydrogens (tertiary/aromatic N) is 5. The number of thioether (sulfide) groups is 1. The topological polar surface area (TPSA) is 68.1 Å².